The number of hydrogen-bond donors (Lipinski definition) is 2. The molecule has 0 bridgehead atoms. The van der Waals surface area contributed by atoms with Crippen molar-refractivity contribution in [3.63, 3.8) is 0 Å². The second-order valence-electron chi connectivity index (χ2n) is 3.67. The van der Waals surface area contributed by atoms with Crippen molar-refractivity contribution in [3.05, 3.63) is 0 Å². The Balaban J connectivity index is 3.55. The summed E-state index contributed by atoms with van der Waals surface area (Å²) < 4.78 is 35.4. The number of nitrogens with one attached hydrogen (secondary N) is 2. The van der Waals surface area contributed by atoms with E-state index in [1.54, 1.807) is 6.92 Å². The molecule has 0 aliphatic rings. The number of amides is 1. The molecular formula is C11H17F3N2O. The molecule has 1 unspecified atom stereocenters. The number of carbonyl (C=O) groups is 1. The average molecular weight is 250 g/mol. The Hall–Kier alpha value is -1.22. The molecule has 3 nitrogen and oxygen atoms in total. The molecule has 0 heterocycles. The average Bonchev–Trinajstić information content (AvgIpc) is 2.23. The van der Waals surface area contributed by atoms with Crippen LogP contribution in [0.5, 0.6) is 0 Å². The van der Waals surface area contributed by atoms with Gasteiger partial charge >= 0.3 is 6.18 Å². The predicted molar refractivity (Wildman–Crippen MR) is 59.2 cm³/mol. The van der Waals surface area contributed by atoms with E-state index in [0.717, 1.165) is 0 Å². The van der Waals surface area contributed by atoms with E-state index in [1.165, 1.54) is 0 Å². The number of unbranched alkanes of at least 4 members (excludes halogenated alkanes) is 1. The van der Waals surface area contributed by atoms with Crippen molar-refractivity contribution in [1.29, 1.82) is 0 Å². The van der Waals surface area contributed by atoms with Gasteiger partial charge < -0.3 is 10.6 Å². The van der Waals surface area contributed by atoms with Crippen molar-refractivity contribution < 1.29 is 18.0 Å². The number of halogens is 3. The van der Waals surface area contributed by atoms with Crippen molar-refractivity contribution in [2.75, 3.05) is 13.1 Å². The zero-order valence-corrected chi connectivity index (χ0v) is 9.73. The van der Waals surface area contributed by atoms with Gasteiger partial charge in [-0.2, -0.15) is 13.2 Å². The standard InChI is InChI=1S/C11H17F3N2O/c1-3-7-16-10(17)9(2)15-8-5-4-6-11(12,13)14/h1,9,15H,4-8H2,2H3,(H,16,17). The molecule has 0 aromatic carbocycles. The lowest BCUT2D eigenvalue weighted by Gasteiger charge is -2.13. The van der Waals surface area contributed by atoms with Gasteiger partial charge in [0, 0.05) is 6.42 Å². The van der Waals surface area contributed by atoms with Crippen LogP contribution >= 0.6 is 0 Å². The van der Waals surface area contributed by atoms with E-state index < -0.39 is 18.6 Å². The minimum Gasteiger partial charge on any atom is -0.344 e. The molecule has 6 heteroatoms. The van der Waals surface area contributed by atoms with Crippen LogP contribution in [0.25, 0.3) is 0 Å². The van der Waals surface area contributed by atoms with Crippen LogP contribution in [0.2, 0.25) is 0 Å². The molecule has 0 aromatic heterocycles. The molecule has 0 aromatic rings. The summed E-state index contributed by atoms with van der Waals surface area (Å²) in [6.45, 7) is 2.16. The van der Waals surface area contributed by atoms with Crippen LogP contribution in [0.15, 0.2) is 0 Å². The summed E-state index contributed by atoms with van der Waals surface area (Å²) in [5, 5.41) is 5.31. The highest BCUT2D eigenvalue weighted by molar-refractivity contribution is 5.81. The molecule has 0 saturated carbocycles. The Labute approximate surface area is 99.1 Å². The summed E-state index contributed by atoms with van der Waals surface area (Å²) in [6.07, 6.45) is 0.525. The fraction of sp³-hybridized carbons (Fsp3) is 0.727. The van der Waals surface area contributed by atoms with Gasteiger partial charge in [-0.15, -0.1) is 6.42 Å². The molecule has 0 radical (unpaired) electrons. The molecule has 1 atom stereocenters. The van der Waals surface area contributed by atoms with E-state index in [2.05, 4.69) is 16.6 Å². The Kier molecular flexibility index (Phi) is 7.39. The molecule has 0 saturated heterocycles. The van der Waals surface area contributed by atoms with Crippen molar-refractivity contribution >= 4 is 5.91 Å². The van der Waals surface area contributed by atoms with Crippen LogP contribution in [-0.4, -0.2) is 31.2 Å². The Morgan fingerprint density at radius 2 is 2.06 bits per heavy atom. The molecule has 0 spiro atoms. The number of alkyl halides is 3. The van der Waals surface area contributed by atoms with Gasteiger partial charge in [-0.05, 0) is 26.3 Å². The summed E-state index contributed by atoms with van der Waals surface area (Å²) in [5.74, 6) is 2.01. The summed E-state index contributed by atoms with van der Waals surface area (Å²) >= 11 is 0. The first-order chi connectivity index (χ1) is 7.87. The van der Waals surface area contributed by atoms with Crippen LogP contribution < -0.4 is 10.6 Å². The Morgan fingerprint density at radius 3 is 2.59 bits per heavy atom. The highest BCUT2D eigenvalue weighted by atomic mass is 19.4. The zero-order chi connectivity index (χ0) is 13.3. The highest BCUT2D eigenvalue weighted by Gasteiger charge is 2.25. The largest absolute Gasteiger partial charge is 0.389 e. The maximum atomic E-state index is 11.8. The van der Waals surface area contributed by atoms with Crippen LogP contribution in [0.4, 0.5) is 13.2 Å². The smallest absolute Gasteiger partial charge is 0.344 e. The zero-order valence-electron chi connectivity index (χ0n) is 9.73. The van der Waals surface area contributed by atoms with E-state index in [-0.39, 0.29) is 18.9 Å². The van der Waals surface area contributed by atoms with Gasteiger partial charge in [0.25, 0.3) is 0 Å². The van der Waals surface area contributed by atoms with Gasteiger partial charge in [-0.3, -0.25) is 4.79 Å². The van der Waals surface area contributed by atoms with Gasteiger partial charge in [-0.1, -0.05) is 5.92 Å². The van der Waals surface area contributed by atoms with Crippen molar-refractivity contribution in [2.45, 2.75) is 38.4 Å². The van der Waals surface area contributed by atoms with E-state index >= 15 is 0 Å². The first-order valence-corrected chi connectivity index (χ1v) is 5.38. The minimum atomic E-state index is -4.10. The Morgan fingerprint density at radius 1 is 1.41 bits per heavy atom. The van der Waals surface area contributed by atoms with Crippen molar-refractivity contribution in [1.82, 2.24) is 10.6 Å². The second-order valence-corrected chi connectivity index (χ2v) is 3.67. The maximum absolute atomic E-state index is 11.8. The normalized spacial score (nSPS) is 12.9. The predicted octanol–water partition coefficient (Wildman–Crippen LogP) is 1.45. The molecule has 17 heavy (non-hydrogen) atoms. The third-order valence-electron chi connectivity index (χ3n) is 2.10. The van der Waals surface area contributed by atoms with Gasteiger partial charge in [-0.25, -0.2) is 0 Å². The van der Waals surface area contributed by atoms with E-state index in [4.69, 9.17) is 6.42 Å². The monoisotopic (exact) mass is 250 g/mol. The lowest BCUT2D eigenvalue weighted by molar-refractivity contribution is -0.135. The number of hydrogen-bond acceptors (Lipinski definition) is 2. The minimum absolute atomic E-state index is 0.0647. The second kappa shape index (κ2) is 7.96. The summed E-state index contributed by atoms with van der Waals surface area (Å²) in [4.78, 5) is 11.3. The van der Waals surface area contributed by atoms with Crippen molar-refractivity contribution in [2.24, 2.45) is 0 Å². The van der Waals surface area contributed by atoms with Gasteiger partial charge in [0.2, 0.25) is 5.91 Å². The van der Waals surface area contributed by atoms with E-state index in [0.29, 0.717) is 13.0 Å². The molecule has 1 amide bonds. The van der Waals surface area contributed by atoms with Gasteiger partial charge in [0.15, 0.2) is 0 Å². The van der Waals surface area contributed by atoms with E-state index in [1.807, 2.05) is 0 Å². The van der Waals surface area contributed by atoms with Gasteiger partial charge in [0.1, 0.15) is 0 Å². The SMILES string of the molecule is C#CCNC(=O)C(C)NCCCCC(F)(F)F. The summed E-state index contributed by atoms with van der Waals surface area (Å²) in [5.41, 5.74) is 0. The first kappa shape index (κ1) is 15.8. The number of rotatable bonds is 7. The van der Waals surface area contributed by atoms with E-state index in [9.17, 15) is 18.0 Å². The number of carbonyl (C=O) groups excluding carboxylic acids is 1. The van der Waals surface area contributed by atoms with Crippen LogP contribution in [0, 0.1) is 12.3 Å². The fourth-order valence-corrected chi connectivity index (χ4v) is 1.15. The van der Waals surface area contributed by atoms with Gasteiger partial charge in [0.05, 0.1) is 12.6 Å². The molecule has 2 N–H and O–H groups in total. The Bertz CT molecular complexity index is 271. The molecule has 0 aliphatic carbocycles. The molecule has 0 fully saturated rings. The summed E-state index contributed by atoms with van der Waals surface area (Å²) in [6, 6.07) is -0.450. The quantitative estimate of drug-likeness (QED) is 0.530. The lowest BCUT2D eigenvalue weighted by atomic mass is 10.2. The van der Waals surface area contributed by atoms with Crippen LogP contribution in [0.3, 0.4) is 0 Å². The topological polar surface area (TPSA) is 41.1 Å². The first-order valence-electron chi connectivity index (χ1n) is 5.38. The molecule has 0 aliphatic heterocycles. The van der Waals surface area contributed by atoms with Crippen molar-refractivity contribution in [3.8, 4) is 12.3 Å². The third-order valence-corrected chi connectivity index (χ3v) is 2.10. The van der Waals surface area contributed by atoms with Crippen LogP contribution in [-0.2, 0) is 4.79 Å². The maximum Gasteiger partial charge on any atom is 0.389 e. The number of terminal acetylenes is 1. The fourth-order valence-electron chi connectivity index (χ4n) is 1.15. The summed E-state index contributed by atoms with van der Waals surface area (Å²) in [7, 11) is 0. The molecule has 0 rings (SSSR count). The highest BCUT2D eigenvalue weighted by Crippen LogP contribution is 2.21. The molecule has 98 valence electrons. The third kappa shape index (κ3) is 9.69. The molecular weight excluding hydrogens is 233 g/mol. The lowest BCUT2D eigenvalue weighted by Crippen LogP contribution is -2.42. The van der Waals surface area contributed by atoms with Crippen LogP contribution in [0.1, 0.15) is 26.2 Å².